The summed E-state index contributed by atoms with van der Waals surface area (Å²) in [6, 6.07) is 0. The minimum absolute atomic E-state index is 0.133. The van der Waals surface area contributed by atoms with Crippen LogP contribution in [0.2, 0.25) is 0 Å². The van der Waals surface area contributed by atoms with Crippen LogP contribution in [0.1, 0.15) is 6.42 Å². The van der Waals surface area contributed by atoms with Gasteiger partial charge in [0.25, 0.3) is 0 Å². The van der Waals surface area contributed by atoms with Crippen molar-refractivity contribution in [2.75, 3.05) is 33.7 Å². The van der Waals surface area contributed by atoms with Crippen LogP contribution in [-0.4, -0.2) is 56.6 Å². The Morgan fingerprint density at radius 1 is 1.39 bits per heavy atom. The summed E-state index contributed by atoms with van der Waals surface area (Å²) in [5.41, 5.74) is -2.42. The maximum atomic E-state index is 13.0. The van der Waals surface area contributed by atoms with Crippen molar-refractivity contribution in [3.63, 3.8) is 0 Å². The van der Waals surface area contributed by atoms with Crippen LogP contribution in [0.5, 0.6) is 0 Å². The molecule has 18 heavy (non-hydrogen) atoms. The first-order valence-corrected chi connectivity index (χ1v) is 5.46. The van der Waals surface area contributed by atoms with Crippen LogP contribution in [0.25, 0.3) is 0 Å². The second-order valence-electron chi connectivity index (χ2n) is 4.48. The van der Waals surface area contributed by atoms with Gasteiger partial charge in [0.15, 0.2) is 5.41 Å². The smallest absolute Gasteiger partial charge is 0.347 e. The van der Waals surface area contributed by atoms with Gasteiger partial charge in [-0.05, 0) is 13.0 Å². The van der Waals surface area contributed by atoms with E-state index in [0.29, 0.717) is 0 Å². The predicted octanol–water partition coefficient (Wildman–Crippen LogP) is -0.267. The number of alkyl halides is 3. The van der Waals surface area contributed by atoms with E-state index in [-0.39, 0.29) is 13.0 Å². The fourth-order valence-electron chi connectivity index (χ4n) is 1.74. The summed E-state index contributed by atoms with van der Waals surface area (Å²) in [5.74, 6) is -1.60. The Labute approximate surface area is 103 Å². The van der Waals surface area contributed by atoms with Crippen LogP contribution in [0.4, 0.5) is 13.2 Å². The summed E-state index contributed by atoms with van der Waals surface area (Å²) in [4.78, 5) is 24.1. The maximum Gasteiger partial charge on any atom is 0.404 e. The molecule has 0 aliphatic carbocycles. The molecular formula is C10H16F3N3O2. The predicted molar refractivity (Wildman–Crippen MR) is 57.7 cm³/mol. The van der Waals surface area contributed by atoms with E-state index in [1.807, 2.05) is 0 Å². The third-order valence-electron chi connectivity index (χ3n) is 3.03. The summed E-state index contributed by atoms with van der Waals surface area (Å²) < 4.78 is 38.9. The van der Waals surface area contributed by atoms with E-state index in [0.717, 1.165) is 0 Å². The fraction of sp³-hybridized carbons (Fsp3) is 0.800. The highest BCUT2D eigenvalue weighted by atomic mass is 19.4. The summed E-state index contributed by atoms with van der Waals surface area (Å²) in [7, 11) is 2.93. The van der Waals surface area contributed by atoms with Crippen LogP contribution >= 0.6 is 0 Å². The molecular weight excluding hydrogens is 251 g/mol. The SMILES string of the molecule is CN(C)C(=O)CNC(=O)C1(C(F)(F)F)CCNC1. The Morgan fingerprint density at radius 2 is 2.00 bits per heavy atom. The van der Waals surface area contributed by atoms with Gasteiger partial charge in [0, 0.05) is 20.6 Å². The zero-order valence-corrected chi connectivity index (χ0v) is 10.2. The van der Waals surface area contributed by atoms with Crippen LogP contribution in [0, 0.1) is 5.41 Å². The number of carbonyl (C=O) groups excluding carboxylic acids is 2. The Morgan fingerprint density at radius 3 is 2.39 bits per heavy atom. The van der Waals surface area contributed by atoms with Crippen molar-refractivity contribution in [1.29, 1.82) is 0 Å². The lowest BCUT2D eigenvalue weighted by atomic mass is 9.85. The average molecular weight is 267 g/mol. The number of nitrogens with one attached hydrogen (secondary N) is 2. The number of likely N-dealkylation sites (N-methyl/N-ethyl adjacent to an activating group) is 1. The Kier molecular flexibility index (Phi) is 4.20. The Bertz CT molecular complexity index is 336. The van der Waals surface area contributed by atoms with Crippen LogP contribution in [0.3, 0.4) is 0 Å². The first kappa shape index (κ1) is 14.7. The first-order valence-electron chi connectivity index (χ1n) is 5.46. The molecule has 0 saturated carbocycles. The molecule has 1 aliphatic heterocycles. The molecule has 0 aromatic carbocycles. The molecule has 0 aromatic heterocycles. The van der Waals surface area contributed by atoms with E-state index in [1.165, 1.54) is 19.0 Å². The van der Waals surface area contributed by atoms with E-state index < -0.39 is 36.5 Å². The van der Waals surface area contributed by atoms with Crippen molar-refractivity contribution in [2.45, 2.75) is 12.6 Å². The maximum absolute atomic E-state index is 13.0. The summed E-state index contributed by atoms with van der Waals surface area (Å²) in [6.45, 7) is -0.739. The molecule has 0 spiro atoms. The van der Waals surface area contributed by atoms with Gasteiger partial charge >= 0.3 is 6.18 Å². The molecule has 1 heterocycles. The zero-order valence-electron chi connectivity index (χ0n) is 10.2. The molecule has 104 valence electrons. The third-order valence-corrected chi connectivity index (χ3v) is 3.03. The minimum atomic E-state index is -4.62. The molecule has 2 amide bonds. The number of rotatable bonds is 3. The van der Waals surface area contributed by atoms with Crippen molar-refractivity contribution >= 4 is 11.8 Å². The number of halogens is 3. The molecule has 1 atom stereocenters. The molecule has 8 heteroatoms. The van der Waals surface area contributed by atoms with Gasteiger partial charge in [-0.2, -0.15) is 13.2 Å². The fourth-order valence-corrected chi connectivity index (χ4v) is 1.74. The molecule has 1 saturated heterocycles. The van der Waals surface area contributed by atoms with Crippen molar-refractivity contribution in [2.24, 2.45) is 5.41 Å². The topological polar surface area (TPSA) is 61.4 Å². The second-order valence-corrected chi connectivity index (χ2v) is 4.48. The highest BCUT2D eigenvalue weighted by Crippen LogP contribution is 2.43. The number of hydrogen-bond acceptors (Lipinski definition) is 3. The van der Waals surface area contributed by atoms with E-state index in [2.05, 4.69) is 10.6 Å². The molecule has 2 N–H and O–H groups in total. The van der Waals surface area contributed by atoms with E-state index in [9.17, 15) is 22.8 Å². The number of amides is 2. The highest BCUT2D eigenvalue weighted by molar-refractivity contribution is 5.88. The van der Waals surface area contributed by atoms with Gasteiger partial charge in [-0.1, -0.05) is 0 Å². The number of carbonyl (C=O) groups is 2. The van der Waals surface area contributed by atoms with Crippen molar-refractivity contribution in [1.82, 2.24) is 15.5 Å². The van der Waals surface area contributed by atoms with Gasteiger partial charge in [0.2, 0.25) is 11.8 Å². The lowest BCUT2D eigenvalue weighted by Gasteiger charge is -2.29. The standard InChI is InChI=1S/C10H16F3N3O2/c1-16(2)7(17)5-15-8(18)9(10(11,12)13)3-4-14-6-9/h14H,3-6H2,1-2H3,(H,15,18). The normalized spacial score (nSPS) is 23.8. The van der Waals surface area contributed by atoms with Gasteiger partial charge in [-0.25, -0.2) is 0 Å². The molecule has 1 unspecified atom stereocenters. The van der Waals surface area contributed by atoms with Gasteiger partial charge in [0.05, 0.1) is 6.54 Å². The molecule has 0 bridgehead atoms. The Hall–Kier alpha value is -1.31. The summed E-state index contributed by atoms with van der Waals surface area (Å²) in [6.07, 6.45) is -4.93. The van der Waals surface area contributed by atoms with E-state index in [4.69, 9.17) is 0 Å². The van der Waals surface area contributed by atoms with E-state index >= 15 is 0 Å². The number of hydrogen-bond donors (Lipinski definition) is 2. The van der Waals surface area contributed by atoms with Crippen molar-refractivity contribution < 1.29 is 22.8 Å². The van der Waals surface area contributed by atoms with Crippen molar-refractivity contribution in [3.8, 4) is 0 Å². The lowest BCUT2D eigenvalue weighted by Crippen LogP contribution is -2.53. The molecule has 0 aromatic rings. The zero-order chi connectivity index (χ0) is 14.0. The van der Waals surface area contributed by atoms with Gasteiger partial charge < -0.3 is 15.5 Å². The molecule has 5 nitrogen and oxygen atoms in total. The minimum Gasteiger partial charge on any atom is -0.347 e. The average Bonchev–Trinajstić information content (AvgIpc) is 2.74. The number of nitrogens with zero attached hydrogens (tertiary/aromatic N) is 1. The van der Waals surface area contributed by atoms with Crippen LogP contribution in [-0.2, 0) is 9.59 Å². The molecule has 1 aliphatic rings. The van der Waals surface area contributed by atoms with Gasteiger partial charge in [-0.15, -0.1) is 0 Å². The largest absolute Gasteiger partial charge is 0.404 e. The summed E-state index contributed by atoms with van der Waals surface area (Å²) in [5, 5.41) is 4.60. The third kappa shape index (κ3) is 2.74. The van der Waals surface area contributed by atoms with E-state index in [1.54, 1.807) is 0 Å². The van der Waals surface area contributed by atoms with Crippen molar-refractivity contribution in [3.05, 3.63) is 0 Å². The molecule has 0 radical (unpaired) electrons. The lowest BCUT2D eigenvalue weighted by molar-refractivity contribution is -0.216. The van der Waals surface area contributed by atoms with Crippen LogP contribution in [0.15, 0.2) is 0 Å². The van der Waals surface area contributed by atoms with Gasteiger partial charge in [0.1, 0.15) is 0 Å². The monoisotopic (exact) mass is 267 g/mol. The van der Waals surface area contributed by atoms with Gasteiger partial charge in [-0.3, -0.25) is 9.59 Å². The van der Waals surface area contributed by atoms with Crippen LogP contribution < -0.4 is 10.6 Å². The summed E-state index contributed by atoms with van der Waals surface area (Å²) >= 11 is 0. The first-order chi connectivity index (χ1) is 8.21. The molecule has 1 rings (SSSR count). The Balaban J connectivity index is 2.71. The quantitative estimate of drug-likeness (QED) is 0.740. The molecule has 1 fully saturated rings. The highest BCUT2D eigenvalue weighted by Gasteiger charge is 2.61. The second kappa shape index (κ2) is 5.13.